The van der Waals surface area contributed by atoms with E-state index < -0.39 is 0 Å². The summed E-state index contributed by atoms with van der Waals surface area (Å²) in [6, 6.07) is 3.47. The van der Waals surface area contributed by atoms with Crippen LogP contribution in [-0.2, 0) is 7.05 Å². The van der Waals surface area contributed by atoms with Crippen molar-refractivity contribution < 1.29 is 9.59 Å². The lowest BCUT2D eigenvalue weighted by molar-refractivity contribution is 0.0848. The summed E-state index contributed by atoms with van der Waals surface area (Å²) >= 11 is 4.67. The topological polar surface area (TPSA) is 63.1 Å². The zero-order chi connectivity index (χ0) is 14.0. The molecule has 2 aromatic heterocycles. The number of nitrogens with zero attached hydrogens (tertiary/aromatic N) is 1. The third kappa shape index (κ3) is 2.87. The Morgan fingerprint density at radius 2 is 2.00 bits per heavy atom. The maximum Gasteiger partial charge on any atom is 0.279 e. The fourth-order valence-electron chi connectivity index (χ4n) is 1.51. The number of hydrazine groups is 1. The minimum atomic E-state index is -0.361. The standard InChI is InChI=1S/C12H12BrN3O2S/c1-7-10(13)8(6-16(7)2)11(17)14-15-12(18)9-4-3-5-19-9/h3-6H,1-2H3,(H,14,17)(H,15,18). The molecule has 2 amide bonds. The number of hydrogen-bond donors (Lipinski definition) is 2. The number of carbonyl (C=O) groups is 2. The summed E-state index contributed by atoms with van der Waals surface area (Å²) in [6.07, 6.45) is 1.70. The Morgan fingerprint density at radius 1 is 1.32 bits per heavy atom. The molecule has 0 radical (unpaired) electrons. The Bertz CT molecular complexity index is 619. The van der Waals surface area contributed by atoms with E-state index in [1.165, 1.54) is 11.3 Å². The highest BCUT2D eigenvalue weighted by molar-refractivity contribution is 9.10. The first-order chi connectivity index (χ1) is 9.00. The maximum atomic E-state index is 11.9. The molecule has 0 bridgehead atoms. The van der Waals surface area contributed by atoms with Gasteiger partial charge in [0, 0.05) is 18.9 Å². The predicted octanol–water partition coefficient (Wildman–Crippen LogP) is 2.23. The van der Waals surface area contributed by atoms with E-state index in [0.29, 0.717) is 10.4 Å². The first-order valence-corrected chi connectivity index (χ1v) is 7.13. The molecule has 0 aromatic carbocycles. The molecule has 0 aliphatic heterocycles. The van der Waals surface area contributed by atoms with Crippen LogP contribution in [0.15, 0.2) is 28.2 Å². The van der Waals surface area contributed by atoms with Gasteiger partial charge in [-0.05, 0) is 34.3 Å². The van der Waals surface area contributed by atoms with E-state index in [-0.39, 0.29) is 11.8 Å². The Balaban J connectivity index is 2.02. The first-order valence-electron chi connectivity index (χ1n) is 5.46. The van der Waals surface area contributed by atoms with Crippen LogP contribution in [0.3, 0.4) is 0 Å². The Labute approximate surface area is 122 Å². The van der Waals surface area contributed by atoms with Gasteiger partial charge in [-0.15, -0.1) is 11.3 Å². The van der Waals surface area contributed by atoms with Gasteiger partial charge in [0.1, 0.15) is 0 Å². The third-order valence-corrected chi connectivity index (χ3v) is 4.55. The van der Waals surface area contributed by atoms with Crippen LogP contribution in [0.4, 0.5) is 0 Å². The van der Waals surface area contributed by atoms with Crippen LogP contribution < -0.4 is 10.9 Å². The van der Waals surface area contributed by atoms with Gasteiger partial charge in [-0.1, -0.05) is 6.07 Å². The number of nitrogens with one attached hydrogen (secondary N) is 2. The number of hydrogen-bond acceptors (Lipinski definition) is 3. The largest absolute Gasteiger partial charge is 0.353 e. The van der Waals surface area contributed by atoms with Crippen molar-refractivity contribution in [2.45, 2.75) is 6.92 Å². The second kappa shape index (κ2) is 5.58. The van der Waals surface area contributed by atoms with Crippen molar-refractivity contribution in [3.05, 3.63) is 44.3 Å². The fraction of sp³-hybridized carbons (Fsp3) is 0.167. The number of carbonyl (C=O) groups excluding carboxylic acids is 2. The lowest BCUT2D eigenvalue weighted by atomic mass is 10.3. The highest BCUT2D eigenvalue weighted by atomic mass is 79.9. The highest BCUT2D eigenvalue weighted by Gasteiger charge is 2.16. The van der Waals surface area contributed by atoms with Crippen LogP contribution in [0.2, 0.25) is 0 Å². The minimum Gasteiger partial charge on any atom is -0.353 e. The van der Waals surface area contributed by atoms with E-state index >= 15 is 0 Å². The lowest BCUT2D eigenvalue weighted by Gasteiger charge is -2.05. The number of thiophene rings is 1. The second-order valence-electron chi connectivity index (χ2n) is 3.94. The summed E-state index contributed by atoms with van der Waals surface area (Å²) < 4.78 is 2.55. The molecule has 2 heterocycles. The summed E-state index contributed by atoms with van der Waals surface area (Å²) in [6.45, 7) is 1.89. The quantitative estimate of drug-likeness (QED) is 0.822. The average molecular weight is 342 g/mol. The van der Waals surface area contributed by atoms with E-state index in [0.717, 1.165) is 10.2 Å². The van der Waals surface area contributed by atoms with Crippen molar-refractivity contribution in [3.8, 4) is 0 Å². The molecule has 2 aromatic rings. The average Bonchev–Trinajstić information content (AvgIpc) is 3.00. The first kappa shape index (κ1) is 13.8. The smallest absolute Gasteiger partial charge is 0.279 e. The molecule has 0 fully saturated rings. The molecule has 100 valence electrons. The summed E-state index contributed by atoms with van der Waals surface area (Å²) in [5, 5.41) is 1.80. The normalized spacial score (nSPS) is 10.3. The molecule has 0 spiro atoms. The lowest BCUT2D eigenvalue weighted by Crippen LogP contribution is -2.41. The molecule has 19 heavy (non-hydrogen) atoms. The Morgan fingerprint density at radius 3 is 2.53 bits per heavy atom. The van der Waals surface area contributed by atoms with E-state index in [2.05, 4.69) is 26.8 Å². The van der Waals surface area contributed by atoms with Gasteiger partial charge in [-0.25, -0.2) is 0 Å². The van der Waals surface area contributed by atoms with Gasteiger partial charge in [0.15, 0.2) is 0 Å². The van der Waals surface area contributed by atoms with Crippen LogP contribution in [0.1, 0.15) is 25.7 Å². The monoisotopic (exact) mass is 341 g/mol. The molecular formula is C12H12BrN3O2S. The summed E-state index contributed by atoms with van der Waals surface area (Å²) in [4.78, 5) is 24.2. The highest BCUT2D eigenvalue weighted by Crippen LogP contribution is 2.22. The minimum absolute atomic E-state index is 0.327. The molecule has 0 saturated carbocycles. The van der Waals surface area contributed by atoms with Gasteiger partial charge in [-0.3, -0.25) is 20.4 Å². The zero-order valence-electron chi connectivity index (χ0n) is 10.4. The Kier molecular flexibility index (Phi) is 4.06. The van der Waals surface area contributed by atoms with E-state index in [1.54, 1.807) is 23.7 Å². The van der Waals surface area contributed by atoms with Crippen LogP contribution >= 0.6 is 27.3 Å². The van der Waals surface area contributed by atoms with Crippen molar-refractivity contribution in [2.75, 3.05) is 0 Å². The van der Waals surface area contributed by atoms with E-state index in [9.17, 15) is 9.59 Å². The number of aryl methyl sites for hydroxylation is 1. The molecule has 0 saturated heterocycles. The molecule has 5 nitrogen and oxygen atoms in total. The third-order valence-electron chi connectivity index (χ3n) is 2.69. The number of rotatable bonds is 2. The Hall–Kier alpha value is -1.60. The molecule has 0 atom stereocenters. The molecule has 0 aliphatic carbocycles. The van der Waals surface area contributed by atoms with Crippen molar-refractivity contribution in [2.24, 2.45) is 7.05 Å². The van der Waals surface area contributed by atoms with E-state index in [4.69, 9.17) is 0 Å². The van der Waals surface area contributed by atoms with Gasteiger partial charge in [0.05, 0.1) is 14.9 Å². The molecule has 2 rings (SSSR count). The summed E-state index contributed by atoms with van der Waals surface area (Å²) in [5.41, 5.74) is 6.19. The number of halogens is 1. The SMILES string of the molecule is Cc1c(Br)c(C(=O)NNC(=O)c2cccs2)cn1C. The zero-order valence-corrected chi connectivity index (χ0v) is 12.8. The van der Waals surface area contributed by atoms with Gasteiger partial charge in [-0.2, -0.15) is 0 Å². The summed E-state index contributed by atoms with van der Waals surface area (Å²) in [7, 11) is 1.85. The summed E-state index contributed by atoms with van der Waals surface area (Å²) in [5.74, 6) is -0.687. The van der Waals surface area contributed by atoms with Crippen LogP contribution in [0.5, 0.6) is 0 Å². The number of amides is 2. The van der Waals surface area contributed by atoms with Gasteiger partial charge in [0.25, 0.3) is 11.8 Å². The van der Waals surface area contributed by atoms with Gasteiger partial charge in [0.2, 0.25) is 0 Å². The fourth-order valence-corrected chi connectivity index (χ4v) is 2.69. The van der Waals surface area contributed by atoms with Gasteiger partial charge < -0.3 is 4.57 Å². The van der Waals surface area contributed by atoms with Crippen molar-refractivity contribution >= 4 is 39.1 Å². The number of aromatic nitrogens is 1. The van der Waals surface area contributed by atoms with Crippen molar-refractivity contribution in [3.63, 3.8) is 0 Å². The molecule has 0 aliphatic rings. The van der Waals surface area contributed by atoms with Crippen molar-refractivity contribution in [1.82, 2.24) is 15.4 Å². The molecule has 7 heteroatoms. The molecule has 2 N–H and O–H groups in total. The van der Waals surface area contributed by atoms with E-state index in [1.807, 2.05) is 18.5 Å². The molecular weight excluding hydrogens is 330 g/mol. The van der Waals surface area contributed by atoms with Gasteiger partial charge >= 0.3 is 0 Å². The predicted molar refractivity (Wildman–Crippen MR) is 77.1 cm³/mol. The maximum absolute atomic E-state index is 11.9. The second-order valence-corrected chi connectivity index (χ2v) is 5.68. The van der Waals surface area contributed by atoms with Crippen molar-refractivity contribution in [1.29, 1.82) is 0 Å². The molecule has 0 unspecified atom stereocenters. The van der Waals surface area contributed by atoms with Crippen LogP contribution in [0.25, 0.3) is 0 Å². The van der Waals surface area contributed by atoms with Crippen LogP contribution in [0, 0.1) is 6.92 Å². The van der Waals surface area contributed by atoms with Crippen LogP contribution in [-0.4, -0.2) is 16.4 Å².